The summed E-state index contributed by atoms with van der Waals surface area (Å²) in [6, 6.07) is 0.196. The van der Waals surface area contributed by atoms with Crippen LogP contribution in [0.4, 0.5) is 0 Å². The van der Waals surface area contributed by atoms with E-state index in [2.05, 4.69) is 4.99 Å². The molecule has 3 rings (SSSR count). The number of carbonyl (C=O) groups excluding carboxylic acids is 2. The molecular weight excluding hydrogens is 304 g/mol. The molecule has 0 N–H and O–H groups in total. The normalized spacial score (nSPS) is 29.1. The van der Waals surface area contributed by atoms with Gasteiger partial charge in [0.25, 0.3) is 5.91 Å². The molecule has 0 spiro atoms. The van der Waals surface area contributed by atoms with Crippen molar-refractivity contribution in [2.75, 3.05) is 13.7 Å². The van der Waals surface area contributed by atoms with Crippen molar-refractivity contribution < 1.29 is 14.3 Å². The predicted molar refractivity (Wildman–Crippen MR) is 83.6 cm³/mol. The van der Waals surface area contributed by atoms with Crippen LogP contribution in [0.5, 0.6) is 0 Å². The van der Waals surface area contributed by atoms with Gasteiger partial charge in [0, 0.05) is 24.6 Å². The molecule has 3 aliphatic rings. The molecule has 22 heavy (non-hydrogen) atoms. The molecular formula is C16H21ClN2O3. The van der Waals surface area contributed by atoms with E-state index in [9.17, 15) is 9.59 Å². The third-order valence-corrected chi connectivity index (χ3v) is 5.18. The first-order chi connectivity index (χ1) is 10.6. The summed E-state index contributed by atoms with van der Waals surface area (Å²) >= 11 is 6.03. The summed E-state index contributed by atoms with van der Waals surface area (Å²) in [6.45, 7) is 0.463. The van der Waals surface area contributed by atoms with Crippen molar-refractivity contribution in [1.82, 2.24) is 4.90 Å². The zero-order valence-electron chi connectivity index (χ0n) is 12.8. The van der Waals surface area contributed by atoms with Crippen LogP contribution >= 0.6 is 11.6 Å². The number of esters is 1. The van der Waals surface area contributed by atoms with Gasteiger partial charge in [-0.1, -0.05) is 18.0 Å². The molecule has 3 heterocycles. The van der Waals surface area contributed by atoms with Crippen LogP contribution in [0, 0.1) is 5.92 Å². The number of methoxy groups -OCH3 is 1. The minimum atomic E-state index is -0.211. The molecule has 0 bridgehead atoms. The van der Waals surface area contributed by atoms with Crippen molar-refractivity contribution in [2.24, 2.45) is 10.9 Å². The fraction of sp³-hybridized carbons (Fsp3) is 0.688. The number of fused-ring (bicyclic) bond motifs is 1. The summed E-state index contributed by atoms with van der Waals surface area (Å²) in [5.74, 6) is -0.380. The largest absolute Gasteiger partial charge is 0.469 e. The van der Waals surface area contributed by atoms with Crippen molar-refractivity contribution in [2.45, 2.75) is 51.0 Å². The highest BCUT2D eigenvalue weighted by Crippen LogP contribution is 2.34. The van der Waals surface area contributed by atoms with Crippen molar-refractivity contribution >= 4 is 28.6 Å². The van der Waals surface area contributed by atoms with Crippen LogP contribution in [0.15, 0.2) is 16.3 Å². The first kappa shape index (κ1) is 15.5. The SMILES string of the molecule is COC(=O)C1CCCC2CCC3=C(CCC(Cl)=N3)C(=O)N2C1. The highest BCUT2D eigenvalue weighted by molar-refractivity contribution is 6.65. The Morgan fingerprint density at radius 2 is 2.09 bits per heavy atom. The molecule has 3 aliphatic heterocycles. The molecule has 0 aromatic carbocycles. The minimum absolute atomic E-state index is 0.0428. The fourth-order valence-electron chi connectivity index (χ4n) is 3.70. The zero-order valence-corrected chi connectivity index (χ0v) is 13.6. The van der Waals surface area contributed by atoms with Gasteiger partial charge in [-0.05, 0) is 32.1 Å². The van der Waals surface area contributed by atoms with Gasteiger partial charge in [0.1, 0.15) is 5.17 Å². The van der Waals surface area contributed by atoms with Crippen LogP contribution in [0.3, 0.4) is 0 Å². The molecule has 120 valence electrons. The third-order valence-electron chi connectivity index (χ3n) is 4.90. The maximum atomic E-state index is 12.9. The summed E-state index contributed by atoms with van der Waals surface area (Å²) in [7, 11) is 1.41. The summed E-state index contributed by atoms with van der Waals surface area (Å²) in [5, 5.41) is 0.594. The van der Waals surface area contributed by atoms with E-state index in [-0.39, 0.29) is 23.8 Å². The monoisotopic (exact) mass is 324 g/mol. The van der Waals surface area contributed by atoms with Gasteiger partial charge >= 0.3 is 5.97 Å². The van der Waals surface area contributed by atoms with E-state index in [4.69, 9.17) is 16.3 Å². The molecule has 0 aliphatic carbocycles. The number of hydrogen-bond acceptors (Lipinski definition) is 4. The minimum Gasteiger partial charge on any atom is -0.469 e. The van der Waals surface area contributed by atoms with E-state index >= 15 is 0 Å². The number of hydrogen-bond donors (Lipinski definition) is 0. The van der Waals surface area contributed by atoms with Crippen LogP contribution in [-0.4, -0.2) is 41.6 Å². The van der Waals surface area contributed by atoms with Crippen LogP contribution < -0.4 is 0 Å². The van der Waals surface area contributed by atoms with E-state index in [1.54, 1.807) is 0 Å². The van der Waals surface area contributed by atoms with Gasteiger partial charge in [-0.25, -0.2) is 4.99 Å². The number of aliphatic imine (C=N–C) groups is 1. The molecule has 1 amide bonds. The Morgan fingerprint density at radius 3 is 2.86 bits per heavy atom. The summed E-state index contributed by atoms with van der Waals surface area (Å²) in [5.41, 5.74) is 1.64. The average Bonchev–Trinajstić information content (AvgIpc) is 2.79. The first-order valence-electron chi connectivity index (χ1n) is 7.94. The molecule has 0 aromatic heterocycles. The molecule has 1 fully saturated rings. The van der Waals surface area contributed by atoms with E-state index in [1.807, 2.05) is 4.90 Å². The lowest BCUT2D eigenvalue weighted by Gasteiger charge is -2.30. The van der Waals surface area contributed by atoms with Crippen LogP contribution in [0.1, 0.15) is 44.9 Å². The van der Waals surface area contributed by atoms with Gasteiger partial charge in [0.2, 0.25) is 0 Å². The van der Waals surface area contributed by atoms with Crippen molar-refractivity contribution in [3.8, 4) is 0 Å². The second kappa shape index (κ2) is 6.41. The van der Waals surface area contributed by atoms with Gasteiger partial charge in [-0.3, -0.25) is 9.59 Å². The van der Waals surface area contributed by atoms with Crippen molar-refractivity contribution in [1.29, 1.82) is 0 Å². The van der Waals surface area contributed by atoms with Gasteiger partial charge < -0.3 is 9.64 Å². The average molecular weight is 325 g/mol. The van der Waals surface area contributed by atoms with Gasteiger partial charge in [0.15, 0.2) is 0 Å². The molecule has 2 unspecified atom stereocenters. The number of allylic oxidation sites excluding steroid dienone is 1. The molecule has 6 heteroatoms. The Morgan fingerprint density at radius 1 is 1.27 bits per heavy atom. The van der Waals surface area contributed by atoms with Gasteiger partial charge in [-0.15, -0.1) is 0 Å². The lowest BCUT2D eigenvalue weighted by Crippen LogP contribution is -2.43. The fourth-order valence-corrected chi connectivity index (χ4v) is 3.89. The van der Waals surface area contributed by atoms with Crippen molar-refractivity contribution in [3.05, 3.63) is 11.3 Å². The number of halogens is 1. The topological polar surface area (TPSA) is 59.0 Å². The van der Waals surface area contributed by atoms with E-state index in [1.165, 1.54) is 7.11 Å². The van der Waals surface area contributed by atoms with Crippen LogP contribution in [0.2, 0.25) is 0 Å². The number of rotatable bonds is 1. The maximum Gasteiger partial charge on any atom is 0.310 e. The maximum absolute atomic E-state index is 12.9. The van der Waals surface area contributed by atoms with Gasteiger partial charge in [0.05, 0.1) is 18.7 Å². The molecule has 0 radical (unpaired) electrons. The second-order valence-electron chi connectivity index (χ2n) is 6.21. The lowest BCUT2D eigenvalue weighted by atomic mass is 10.00. The summed E-state index contributed by atoms with van der Waals surface area (Å²) in [4.78, 5) is 31.1. The Bertz CT molecular complexity index is 556. The Labute approximate surface area is 135 Å². The second-order valence-corrected chi connectivity index (χ2v) is 6.65. The molecule has 0 aromatic rings. The number of nitrogens with zero attached hydrogens (tertiary/aromatic N) is 2. The third kappa shape index (κ3) is 2.91. The van der Waals surface area contributed by atoms with Crippen LogP contribution in [0.25, 0.3) is 0 Å². The highest BCUT2D eigenvalue weighted by Gasteiger charge is 2.37. The lowest BCUT2D eigenvalue weighted by molar-refractivity contribution is -0.147. The number of carbonyl (C=O) groups is 2. The smallest absolute Gasteiger partial charge is 0.310 e. The molecule has 2 atom stereocenters. The zero-order chi connectivity index (χ0) is 15.7. The van der Waals surface area contributed by atoms with Crippen LogP contribution in [-0.2, 0) is 14.3 Å². The Kier molecular flexibility index (Phi) is 4.52. The quantitative estimate of drug-likeness (QED) is 0.697. The Balaban J connectivity index is 1.87. The van der Waals surface area contributed by atoms with Gasteiger partial charge in [-0.2, -0.15) is 0 Å². The van der Waals surface area contributed by atoms with E-state index < -0.39 is 0 Å². The standard InChI is InChI=1S/C16H21ClN2O3/c1-22-16(21)10-3-2-4-11-5-7-13-12(6-8-14(17)18-13)15(20)19(11)9-10/h10-11H,2-9H2,1H3. The summed E-state index contributed by atoms with van der Waals surface area (Å²) in [6.07, 6.45) is 5.66. The van der Waals surface area contributed by atoms with E-state index in [0.717, 1.165) is 43.4 Å². The highest BCUT2D eigenvalue weighted by atomic mass is 35.5. The van der Waals surface area contributed by atoms with E-state index in [0.29, 0.717) is 24.6 Å². The summed E-state index contributed by atoms with van der Waals surface area (Å²) < 4.78 is 4.88. The molecule has 5 nitrogen and oxygen atoms in total. The molecule has 1 saturated heterocycles. The first-order valence-corrected chi connectivity index (χ1v) is 8.32. The number of ether oxygens (including phenoxy) is 1. The number of amides is 1. The molecule has 0 saturated carbocycles. The predicted octanol–water partition coefficient (Wildman–Crippen LogP) is 2.64. The Hall–Kier alpha value is -1.36. The van der Waals surface area contributed by atoms with Crippen molar-refractivity contribution in [3.63, 3.8) is 0 Å².